The first kappa shape index (κ1) is 11.5. The van der Waals surface area contributed by atoms with Gasteiger partial charge in [0.25, 0.3) is 5.91 Å². The Morgan fingerprint density at radius 1 is 1.39 bits per heavy atom. The van der Waals surface area contributed by atoms with Crippen molar-refractivity contribution in [2.75, 3.05) is 19.6 Å². The molecular formula is C11H16N4O3. The molecule has 3 fully saturated rings. The minimum absolute atomic E-state index is 0.0401. The molecule has 0 aromatic heterocycles. The zero-order valence-corrected chi connectivity index (χ0v) is 9.99. The van der Waals surface area contributed by atoms with Gasteiger partial charge in [-0.25, -0.2) is 4.79 Å². The predicted octanol–water partition coefficient (Wildman–Crippen LogP) is -1.45. The molecule has 0 radical (unpaired) electrons. The van der Waals surface area contributed by atoms with E-state index in [2.05, 4.69) is 16.0 Å². The molecule has 3 heterocycles. The van der Waals surface area contributed by atoms with Crippen LogP contribution in [-0.2, 0) is 9.59 Å². The van der Waals surface area contributed by atoms with Crippen molar-refractivity contribution in [2.24, 2.45) is 0 Å². The third-order valence-electron chi connectivity index (χ3n) is 3.95. The lowest BCUT2D eigenvalue weighted by Crippen LogP contribution is -2.51. The molecule has 7 heteroatoms. The lowest BCUT2D eigenvalue weighted by Gasteiger charge is -2.23. The number of likely N-dealkylation sites (tertiary alicyclic amines) is 1. The summed E-state index contributed by atoms with van der Waals surface area (Å²) in [5, 5.41) is 8.03. The summed E-state index contributed by atoms with van der Waals surface area (Å²) in [6.07, 6.45) is 2.34. The molecule has 1 unspecified atom stereocenters. The molecule has 7 nitrogen and oxygen atoms in total. The van der Waals surface area contributed by atoms with E-state index in [1.165, 1.54) is 0 Å². The smallest absolute Gasteiger partial charge is 0.322 e. The highest BCUT2D eigenvalue weighted by molar-refractivity contribution is 6.07. The van der Waals surface area contributed by atoms with Crippen LogP contribution in [0.4, 0.5) is 4.79 Å². The van der Waals surface area contributed by atoms with E-state index < -0.39 is 11.6 Å². The van der Waals surface area contributed by atoms with Crippen LogP contribution in [0.5, 0.6) is 0 Å². The van der Waals surface area contributed by atoms with Crippen LogP contribution >= 0.6 is 0 Å². The molecule has 3 N–H and O–H groups in total. The van der Waals surface area contributed by atoms with Gasteiger partial charge in [-0.15, -0.1) is 0 Å². The van der Waals surface area contributed by atoms with Crippen LogP contribution in [0, 0.1) is 0 Å². The van der Waals surface area contributed by atoms with E-state index in [4.69, 9.17) is 0 Å². The first-order valence-electron chi connectivity index (χ1n) is 6.26. The molecule has 98 valence electrons. The molecule has 3 aliphatic rings. The summed E-state index contributed by atoms with van der Waals surface area (Å²) in [5.41, 5.74) is -0.897. The van der Waals surface area contributed by atoms with Crippen molar-refractivity contribution in [3.8, 4) is 0 Å². The van der Waals surface area contributed by atoms with Crippen LogP contribution in [0.15, 0.2) is 0 Å². The van der Waals surface area contributed by atoms with Gasteiger partial charge >= 0.3 is 6.03 Å². The summed E-state index contributed by atoms with van der Waals surface area (Å²) in [5.74, 6) is -0.277. The summed E-state index contributed by atoms with van der Waals surface area (Å²) in [7, 11) is 0. The number of nitrogens with one attached hydrogen (secondary N) is 3. The maximum Gasteiger partial charge on any atom is 0.322 e. The monoisotopic (exact) mass is 252 g/mol. The van der Waals surface area contributed by atoms with Crippen LogP contribution < -0.4 is 16.0 Å². The number of carbonyl (C=O) groups is 3. The van der Waals surface area contributed by atoms with E-state index >= 15 is 0 Å². The van der Waals surface area contributed by atoms with E-state index in [-0.39, 0.29) is 24.4 Å². The summed E-state index contributed by atoms with van der Waals surface area (Å²) in [6.45, 7) is 1.67. The Balaban J connectivity index is 1.69. The third-order valence-corrected chi connectivity index (χ3v) is 3.95. The second kappa shape index (κ2) is 3.94. The van der Waals surface area contributed by atoms with Crippen LogP contribution in [0.3, 0.4) is 0 Å². The molecule has 1 spiro atoms. The minimum atomic E-state index is -0.897. The van der Waals surface area contributed by atoms with Crippen molar-refractivity contribution in [2.45, 2.75) is 30.8 Å². The maximum absolute atomic E-state index is 12.2. The second-order valence-electron chi connectivity index (χ2n) is 5.15. The molecule has 0 aromatic carbocycles. The van der Waals surface area contributed by atoms with Gasteiger partial charge in [-0.2, -0.15) is 0 Å². The zero-order valence-electron chi connectivity index (χ0n) is 9.99. The standard InChI is InChI=1S/C11H16N4O3/c16-8(7-2-1-4-12-7)15-5-3-11(6-15)9(17)13-10(18)14-11/h7,12H,1-6H2,(H2,13,14,17,18)/t7-,11?/m1/s1. The Morgan fingerprint density at radius 3 is 2.83 bits per heavy atom. The molecule has 0 aliphatic carbocycles. The number of nitrogens with zero attached hydrogens (tertiary/aromatic N) is 1. The van der Waals surface area contributed by atoms with Gasteiger partial charge in [0.15, 0.2) is 0 Å². The molecular weight excluding hydrogens is 236 g/mol. The average molecular weight is 252 g/mol. The Morgan fingerprint density at radius 2 is 2.22 bits per heavy atom. The van der Waals surface area contributed by atoms with Gasteiger partial charge in [-0.1, -0.05) is 0 Å². The van der Waals surface area contributed by atoms with E-state index in [9.17, 15) is 14.4 Å². The fourth-order valence-corrected chi connectivity index (χ4v) is 2.93. The van der Waals surface area contributed by atoms with Crippen molar-refractivity contribution in [3.05, 3.63) is 0 Å². The van der Waals surface area contributed by atoms with E-state index in [1.807, 2.05) is 0 Å². The third kappa shape index (κ3) is 1.66. The summed E-state index contributed by atoms with van der Waals surface area (Å²) >= 11 is 0. The fraction of sp³-hybridized carbons (Fsp3) is 0.727. The van der Waals surface area contributed by atoms with Crippen LogP contribution in [0.2, 0.25) is 0 Å². The molecule has 2 atom stereocenters. The highest BCUT2D eigenvalue weighted by Crippen LogP contribution is 2.25. The van der Waals surface area contributed by atoms with Crippen molar-refractivity contribution >= 4 is 17.8 Å². The van der Waals surface area contributed by atoms with Crippen molar-refractivity contribution in [3.63, 3.8) is 0 Å². The van der Waals surface area contributed by atoms with Crippen molar-refractivity contribution in [1.82, 2.24) is 20.9 Å². The van der Waals surface area contributed by atoms with Gasteiger partial charge in [0.1, 0.15) is 5.54 Å². The van der Waals surface area contributed by atoms with Gasteiger partial charge in [-0.3, -0.25) is 14.9 Å². The molecule has 0 aromatic rings. The van der Waals surface area contributed by atoms with Gasteiger partial charge in [0.05, 0.1) is 12.6 Å². The number of imide groups is 1. The Labute approximate surface area is 104 Å². The number of hydrogen-bond acceptors (Lipinski definition) is 4. The van der Waals surface area contributed by atoms with Crippen LogP contribution in [0.25, 0.3) is 0 Å². The normalized spacial score (nSPS) is 35.1. The number of carbonyl (C=O) groups excluding carboxylic acids is 3. The molecule has 0 saturated carbocycles. The average Bonchev–Trinajstić information content (AvgIpc) is 3.01. The quantitative estimate of drug-likeness (QED) is 0.498. The van der Waals surface area contributed by atoms with E-state index in [0.717, 1.165) is 19.4 Å². The van der Waals surface area contributed by atoms with E-state index in [0.29, 0.717) is 13.0 Å². The molecule has 3 aliphatic heterocycles. The number of hydrogen-bond donors (Lipinski definition) is 3. The molecule has 4 amide bonds. The lowest BCUT2D eigenvalue weighted by molar-refractivity contribution is -0.132. The minimum Gasteiger partial charge on any atom is -0.338 e. The maximum atomic E-state index is 12.2. The van der Waals surface area contributed by atoms with Gasteiger partial charge in [0, 0.05) is 6.54 Å². The van der Waals surface area contributed by atoms with Gasteiger partial charge in [-0.05, 0) is 25.8 Å². The van der Waals surface area contributed by atoms with E-state index in [1.54, 1.807) is 4.90 Å². The van der Waals surface area contributed by atoms with Gasteiger partial charge < -0.3 is 15.5 Å². The highest BCUT2D eigenvalue weighted by Gasteiger charge is 2.52. The SMILES string of the molecule is O=C1NC(=O)C2(CCN(C(=O)[C@H]3CCCN3)C2)N1. The van der Waals surface area contributed by atoms with Crippen molar-refractivity contribution < 1.29 is 14.4 Å². The topological polar surface area (TPSA) is 90.5 Å². The Hall–Kier alpha value is -1.63. The molecule has 18 heavy (non-hydrogen) atoms. The predicted molar refractivity (Wildman–Crippen MR) is 61.6 cm³/mol. The first-order chi connectivity index (χ1) is 8.61. The number of urea groups is 1. The molecule has 3 rings (SSSR count). The summed E-state index contributed by atoms with van der Waals surface area (Å²) in [6, 6.07) is -0.589. The Kier molecular flexibility index (Phi) is 2.51. The van der Waals surface area contributed by atoms with Crippen LogP contribution in [-0.4, -0.2) is 54.0 Å². The molecule has 0 bridgehead atoms. The number of rotatable bonds is 1. The summed E-state index contributed by atoms with van der Waals surface area (Å²) in [4.78, 5) is 36.8. The Bertz CT molecular complexity index is 419. The first-order valence-corrected chi connectivity index (χ1v) is 6.26. The largest absolute Gasteiger partial charge is 0.338 e. The lowest BCUT2D eigenvalue weighted by atomic mass is 9.99. The fourth-order valence-electron chi connectivity index (χ4n) is 2.93. The zero-order chi connectivity index (χ0) is 12.8. The highest BCUT2D eigenvalue weighted by atomic mass is 16.2. The molecule has 3 saturated heterocycles. The van der Waals surface area contributed by atoms with Crippen molar-refractivity contribution in [1.29, 1.82) is 0 Å². The number of amides is 4. The van der Waals surface area contributed by atoms with Gasteiger partial charge in [0.2, 0.25) is 5.91 Å². The summed E-state index contributed by atoms with van der Waals surface area (Å²) < 4.78 is 0. The van der Waals surface area contributed by atoms with Crippen LogP contribution in [0.1, 0.15) is 19.3 Å². The second-order valence-corrected chi connectivity index (χ2v) is 5.15.